The molecule has 2 atom stereocenters. The second-order valence-corrected chi connectivity index (χ2v) is 6.89. The Bertz CT molecular complexity index is 404. The fourth-order valence-electron chi connectivity index (χ4n) is 3.20. The van der Waals surface area contributed by atoms with Gasteiger partial charge in [-0.2, -0.15) is 0 Å². The molecule has 1 fully saturated rings. The molecule has 0 aliphatic heterocycles. The van der Waals surface area contributed by atoms with Crippen molar-refractivity contribution in [2.45, 2.75) is 51.2 Å². The molecule has 2 rings (SSSR count). The number of hydrogen-bond acceptors (Lipinski definition) is 2. The Kier molecular flexibility index (Phi) is 7.00. The highest BCUT2D eigenvalue weighted by Crippen LogP contribution is 2.17. The van der Waals surface area contributed by atoms with Gasteiger partial charge >= 0.3 is 0 Å². The van der Waals surface area contributed by atoms with Gasteiger partial charge in [0.25, 0.3) is 0 Å². The van der Waals surface area contributed by atoms with Gasteiger partial charge in [-0.3, -0.25) is 0 Å². The van der Waals surface area contributed by atoms with E-state index in [0.717, 1.165) is 29.4 Å². The first-order valence-electron chi connectivity index (χ1n) is 8.10. The van der Waals surface area contributed by atoms with Crippen molar-refractivity contribution in [3.8, 4) is 5.75 Å². The molecule has 1 unspecified atom stereocenters. The topological polar surface area (TPSA) is 33.9 Å². The molecule has 1 aliphatic carbocycles. The first-order chi connectivity index (χ1) is 10.2. The zero-order valence-corrected chi connectivity index (χ0v) is 14.4. The maximum absolute atomic E-state index is 10.2. The van der Waals surface area contributed by atoms with E-state index < -0.39 is 6.10 Å². The fraction of sp³-hybridized carbons (Fsp3) is 0.647. The first kappa shape index (κ1) is 16.8. The summed E-state index contributed by atoms with van der Waals surface area (Å²) in [6.07, 6.45) is 6.29. The molecule has 0 bridgehead atoms. The minimum Gasteiger partial charge on any atom is -0.491 e. The molecule has 0 spiro atoms. The predicted molar refractivity (Wildman–Crippen MR) is 88.9 cm³/mol. The van der Waals surface area contributed by atoms with E-state index in [-0.39, 0.29) is 0 Å². The van der Waals surface area contributed by atoms with Crippen LogP contribution in [0.15, 0.2) is 28.7 Å². The summed E-state index contributed by atoms with van der Waals surface area (Å²) in [6, 6.07) is 8.47. The highest BCUT2D eigenvalue weighted by Gasteiger charge is 2.25. The zero-order valence-electron chi connectivity index (χ0n) is 12.9. The number of likely N-dealkylation sites (N-methyl/N-ethyl adjacent to an activating group) is 1. The number of aliphatic hydroxyl groups is 1. The number of halogens is 1. The SMILES string of the molecule is CC[NH+](C[C@H](O)COc1ccc(Br)cc1)C1CCCCC1. The molecule has 0 heterocycles. The number of aliphatic hydroxyl groups excluding tert-OH is 1. The van der Waals surface area contributed by atoms with Crippen molar-refractivity contribution in [3.05, 3.63) is 28.7 Å². The molecular weight excluding hydrogens is 330 g/mol. The number of nitrogens with one attached hydrogen (secondary N) is 1. The highest BCUT2D eigenvalue weighted by atomic mass is 79.9. The molecule has 0 saturated heterocycles. The average Bonchev–Trinajstić information content (AvgIpc) is 2.53. The molecule has 21 heavy (non-hydrogen) atoms. The summed E-state index contributed by atoms with van der Waals surface area (Å²) in [5, 5.41) is 10.2. The normalized spacial score (nSPS) is 19.2. The predicted octanol–water partition coefficient (Wildman–Crippen LogP) is 2.43. The van der Waals surface area contributed by atoms with Gasteiger partial charge < -0.3 is 14.7 Å². The molecular formula is C17H27BrNO2+. The minimum absolute atomic E-state index is 0.373. The summed E-state index contributed by atoms with van der Waals surface area (Å²) in [5.41, 5.74) is 0. The maximum atomic E-state index is 10.2. The summed E-state index contributed by atoms with van der Waals surface area (Å²) in [6.45, 7) is 4.46. The van der Waals surface area contributed by atoms with E-state index in [0.29, 0.717) is 6.61 Å². The van der Waals surface area contributed by atoms with E-state index in [2.05, 4.69) is 22.9 Å². The van der Waals surface area contributed by atoms with Crippen molar-refractivity contribution in [1.82, 2.24) is 0 Å². The van der Waals surface area contributed by atoms with Gasteiger partial charge in [0.2, 0.25) is 0 Å². The highest BCUT2D eigenvalue weighted by molar-refractivity contribution is 9.10. The number of ether oxygens (including phenoxy) is 1. The van der Waals surface area contributed by atoms with E-state index in [4.69, 9.17) is 4.74 Å². The summed E-state index contributed by atoms with van der Waals surface area (Å²) in [5.74, 6) is 0.813. The third-order valence-corrected chi connectivity index (χ3v) is 4.92. The lowest BCUT2D eigenvalue weighted by Crippen LogP contribution is -3.16. The van der Waals surface area contributed by atoms with Crippen LogP contribution in [0, 0.1) is 0 Å². The quantitative estimate of drug-likeness (QED) is 0.786. The Hall–Kier alpha value is -0.580. The third-order valence-electron chi connectivity index (χ3n) is 4.39. The number of rotatable bonds is 7. The summed E-state index contributed by atoms with van der Waals surface area (Å²) in [7, 11) is 0. The lowest BCUT2D eigenvalue weighted by molar-refractivity contribution is -0.928. The Labute approximate surface area is 136 Å². The van der Waals surface area contributed by atoms with Crippen LogP contribution in [0.2, 0.25) is 0 Å². The average molecular weight is 357 g/mol. The van der Waals surface area contributed by atoms with Crippen LogP contribution in [0.1, 0.15) is 39.0 Å². The van der Waals surface area contributed by atoms with Crippen molar-refractivity contribution in [1.29, 1.82) is 0 Å². The zero-order chi connectivity index (χ0) is 15.1. The van der Waals surface area contributed by atoms with E-state index in [1.54, 1.807) is 0 Å². The summed E-state index contributed by atoms with van der Waals surface area (Å²) < 4.78 is 6.71. The van der Waals surface area contributed by atoms with E-state index >= 15 is 0 Å². The second kappa shape index (κ2) is 8.76. The van der Waals surface area contributed by atoms with Crippen LogP contribution in [0.5, 0.6) is 5.75 Å². The van der Waals surface area contributed by atoms with Gasteiger partial charge in [-0.25, -0.2) is 0 Å². The van der Waals surface area contributed by atoms with Gasteiger partial charge in [-0.15, -0.1) is 0 Å². The van der Waals surface area contributed by atoms with Crippen LogP contribution in [-0.4, -0.2) is 36.9 Å². The van der Waals surface area contributed by atoms with Crippen molar-refractivity contribution in [2.24, 2.45) is 0 Å². The van der Waals surface area contributed by atoms with Crippen LogP contribution in [0.25, 0.3) is 0 Å². The Morgan fingerprint density at radius 2 is 1.90 bits per heavy atom. The van der Waals surface area contributed by atoms with Gasteiger partial charge in [0.05, 0.1) is 12.6 Å². The van der Waals surface area contributed by atoms with Gasteiger partial charge in [0, 0.05) is 4.47 Å². The molecule has 3 nitrogen and oxygen atoms in total. The molecule has 1 aromatic carbocycles. The lowest BCUT2D eigenvalue weighted by atomic mass is 9.94. The van der Waals surface area contributed by atoms with Crippen LogP contribution in [0.4, 0.5) is 0 Å². The van der Waals surface area contributed by atoms with E-state index in [9.17, 15) is 5.11 Å². The molecule has 0 radical (unpaired) electrons. The Morgan fingerprint density at radius 1 is 1.24 bits per heavy atom. The molecule has 1 aromatic rings. The van der Waals surface area contributed by atoms with Crippen LogP contribution < -0.4 is 9.64 Å². The van der Waals surface area contributed by atoms with Crippen molar-refractivity contribution >= 4 is 15.9 Å². The molecule has 0 amide bonds. The monoisotopic (exact) mass is 356 g/mol. The Morgan fingerprint density at radius 3 is 2.52 bits per heavy atom. The smallest absolute Gasteiger partial charge is 0.137 e. The van der Waals surface area contributed by atoms with Crippen LogP contribution >= 0.6 is 15.9 Å². The summed E-state index contributed by atoms with van der Waals surface area (Å²) in [4.78, 5) is 1.53. The maximum Gasteiger partial charge on any atom is 0.137 e. The number of hydrogen-bond donors (Lipinski definition) is 2. The van der Waals surface area contributed by atoms with Crippen molar-refractivity contribution in [2.75, 3.05) is 19.7 Å². The fourth-order valence-corrected chi connectivity index (χ4v) is 3.46. The van der Waals surface area contributed by atoms with E-state index in [1.807, 2.05) is 24.3 Å². The lowest BCUT2D eigenvalue weighted by Gasteiger charge is -2.31. The van der Waals surface area contributed by atoms with Gasteiger partial charge in [-0.05, 0) is 56.9 Å². The molecule has 4 heteroatoms. The van der Waals surface area contributed by atoms with Crippen LogP contribution in [-0.2, 0) is 0 Å². The largest absolute Gasteiger partial charge is 0.491 e. The molecule has 1 aliphatic rings. The van der Waals surface area contributed by atoms with Crippen molar-refractivity contribution < 1.29 is 14.7 Å². The van der Waals surface area contributed by atoms with Gasteiger partial charge in [0.15, 0.2) is 0 Å². The molecule has 1 saturated carbocycles. The van der Waals surface area contributed by atoms with Crippen molar-refractivity contribution in [3.63, 3.8) is 0 Å². The minimum atomic E-state index is -0.398. The molecule has 118 valence electrons. The summed E-state index contributed by atoms with van der Waals surface area (Å²) >= 11 is 3.40. The number of benzene rings is 1. The van der Waals surface area contributed by atoms with Gasteiger partial charge in [0.1, 0.15) is 25.0 Å². The second-order valence-electron chi connectivity index (χ2n) is 5.97. The van der Waals surface area contributed by atoms with Crippen LogP contribution in [0.3, 0.4) is 0 Å². The van der Waals surface area contributed by atoms with Gasteiger partial charge in [-0.1, -0.05) is 22.4 Å². The standard InChI is InChI=1S/C17H26BrNO2/c1-2-19(15-6-4-3-5-7-15)12-16(20)13-21-17-10-8-14(18)9-11-17/h8-11,15-16,20H,2-7,12-13H2,1H3/p+1/t16-/m0/s1. The molecule has 2 N–H and O–H groups in total. The van der Waals surface area contributed by atoms with E-state index in [1.165, 1.54) is 37.0 Å². The molecule has 0 aromatic heterocycles. The first-order valence-corrected chi connectivity index (χ1v) is 8.89. The Balaban J connectivity index is 1.76. The third kappa shape index (κ3) is 5.61. The number of quaternary nitrogens is 1.